The summed E-state index contributed by atoms with van der Waals surface area (Å²) in [4.78, 5) is 0. The molecule has 0 aliphatic heterocycles. The maximum absolute atomic E-state index is 4.61. The zero-order valence-corrected chi connectivity index (χ0v) is 6.94. The number of rotatable bonds is 2. The molecule has 0 aliphatic carbocycles. The number of hydrogen-bond donors (Lipinski definition) is 0. The molecule has 0 saturated carbocycles. The molecule has 0 aromatic carbocycles. The summed E-state index contributed by atoms with van der Waals surface area (Å²) in [5, 5.41) is 0. The van der Waals surface area contributed by atoms with Gasteiger partial charge in [0.2, 0.25) is 0 Å². The van der Waals surface area contributed by atoms with Crippen LogP contribution >= 0.6 is 0 Å². The first-order chi connectivity index (χ1) is 3.41. The maximum atomic E-state index is 4.61. The van der Waals surface area contributed by atoms with Crippen LogP contribution in [0.25, 0.3) is 0 Å². The Morgan fingerprint density at radius 1 is 1.00 bits per heavy atom. The van der Waals surface area contributed by atoms with Crippen LogP contribution in [0.3, 0.4) is 0 Å². The zero-order chi connectivity index (χ0) is 6.12. The first kappa shape index (κ1) is 10.2. The average molecular weight is 122 g/mol. The van der Waals surface area contributed by atoms with Gasteiger partial charge in [0, 0.05) is 14.2 Å². The van der Waals surface area contributed by atoms with E-state index in [9.17, 15) is 0 Å². The van der Waals surface area contributed by atoms with E-state index in [-0.39, 0.29) is 0 Å². The molecule has 2 nitrogen and oxygen atoms in total. The highest BCUT2D eigenvalue weighted by atomic mass is 28.3. The van der Waals surface area contributed by atoms with Crippen molar-refractivity contribution in [1.82, 2.24) is 0 Å². The van der Waals surface area contributed by atoms with E-state index < -0.39 is 10.0 Å². The number of hydrogen-bond acceptors (Lipinski definition) is 2. The van der Waals surface area contributed by atoms with Crippen molar-refractivity contribution in [3.05, 3.63) is 0 Å². The van der Waals surface area contributed by atoms with Crippen LogP contribution in [-0.4, -0.2) is 24.2 Å². The molecule has 0 amide bonds. The quantitative estimate of drug-likeness (QED) is 0.491. The maximum Gasteiger partial charge on any atom is 0.303 e. The summed E-state index contributed by atoms with van der Waals surface area (Å²) >= 11 is 0. The topological polar surface area (TPSA) is 18.5 Å². The molecule has 0 rings (SSSR count). The third-order valence-corrected chi connectivity index (χ3v) is 0.707. The molecule has 0 atom stereocenters. The minimum atomic E-state index is -0.568. The van der Waals surface area contributed by atoms with Crippen LogP contribution in [-0.2, 0) is 8.85 Å². The minimum Gasteiger partial charge on any atom is -0.402 e. The Balaban J connectivity index is 0. The third-order valence-electron chi connectivity index (χ3n) is 0.236. The molecule has 0 heterocycles. The lowest BCUT2D eigenvalue weighted by atomic mass is 11.0. The predicted octanol–water partition coefficient (Wildman–Crippen LogP) is 0.304. The monoisotopic (exact) mass is 122 g/mol. The molecular formula is C4H14O2Si. The van der Waals surface area contributed by atoms with Gasteiger partial charge in [-0.1, -0.05) is 13.8 Å². The largest absolute Gasteiger partial charge is 0.402 e. The van der Waals surface area contributed by atoms with Gasteiger partial charge < -0.3 is 8.85 Å². The van der Waals surface area contributed by atoms with Crippen molar-refractivity contribution in [2.24, 2.45) is 0 Å². The van der Waals surface area contributed by atoms with Crippen molar-refractivity contribution in [3.63, 3.8) is 0 Å². The summed E-state index contributed by atoms with van der Waals surface area (Å²) in [6, 6.07) is 0. The summed E-state index contributed by atoms with van der Waals surface area (Å²) in [7, 11) is 2.73. The SMILES string of the molecule is CC.CO[SiH2]OC. The molecule has 0 aromatic rings. The van der Waals surface area contributed by atoms with Gasteiger partial charge in [-0.3, -0.25) is 0 Å². The lowest BCUT2D eigenvalue weighted by Crippen LogP contribution is -1.93. The standard InChI is InChI=1S/C2H8O2Si.C2H6/c1-3-5-4-2;1-2/h5H2,1-2H3;1-2H3. The fraction of sp³-hybridized carbons (Fsp3) is 1.00. The second-order valence-electron chi connectivity index (χ2n) is 0.695. The summed E-state index contributed by atoms with van der Waals surface area (Å²) in [5.41, 5.74) is 0. The lowest BCUT2D eigenvalue weighted by molar-refractivity contribution is 0.309. The molecule has 0 N–H and O–H groups in total. The molecule has 7 heavy (non-hydrogen) atoms. The van der Waals surface area contributed by atoms with Crippen LogP contribution in [0.2, 0.25) is 0 Å². The summed E-state index contributed by atoms with van der Waals surface area (Å²) in [5.74, 6) is 0. The van der Waals surface area contributed by atoms with Crippen molar-refractivity contribution < 1.29 is 8.85 Å². The van der Waals surface area contributed by atoms with Crippen LogP contribution in [0.5, 0.6) is 0 Å². The fourth-order valence-corrected chi connectivity index (χ4v) is 0.354. The average Bonchev–Trinajstić information content (AvgIpc) is 1.75. The molecule has 0 saturated heterocycles. The second-order valence-corrected chi connectivity index (χ2v) is 2.09. The van der Waals surface area contributed by atoms with E-state index in [0.29, 0.717) is 0 Å². The van der Waals surface area contributed by atoms with Crippen LogP contribution in [0.1, 0.15) is 13.8 Å². The van der Waals surface area contributed by atoms with Gasteiger partial charge in [-0.15, -0.1) is 0 Å². The van der Waals surface area contributed by atoms with E-state index in [1.807, 2.05) is 13.8 Å². The zero-order valence-electron chi connectivity index (χ0n) is 5.52. The van der Waals surface area contributed by atoms with E-state index in [2.05, 4.69) is 8.85 Å². The normalized spacial score (nSPS) is 6.86. The van der Waals surface area contributed by atoms with E-state index in [4.69, 9.17) is 0 Å². The Labute approximate surface area is 47.9 Å². The van der Waals surface area contributed by atoms with Gasteiger partial charge in [0.25, 0.3) is 0 Å². The Kier molecular flexibility index (Phi) is 23.9. The van der Waals surface area contributed by atoms with Gasteiger partial charge in [-0.05, 0) is 0 Å². The first-order valence-corrected chi connectivity index (χ1v) is 3.55. The Bertz CT molecular complexity index is 17.2. The Hall–Kier alpha value is 0.137. The van der Waals surface area contributed by atoms with E-state index in [1.54, 1.807) is 14.2 Å². The van der Waals surface area contributed by atoms with E-state index in [0.717, 1.165) is 0 Å². The fourth-order valence-electron chi connectivity index (χ4n) is 0.118. The Morgan fingerprint density at radius 2 is 1.29 bits per heavy atom. The van der Waals surface area contributed by atoms with Gasteiger partial charge in [-0.25, -0.2) is 0 Å². The molecule has 0 aromatic heterocycles. The van der Waals surface area contributed by atoms with Crippen LogP contribution < -0.4 is 0 Å². The second kappa shape index (κ2) is 16.5. The third kappa shape index (κ3) is 23.0. The minimum absolute atomic E-state index is 0.568. The lowest BCUT2D eigenvalue weighted by Gasteiger charge is -1.86. The molecule has 0 radical (unpaired) electrons. The van der Waals surface area contributed by atoms with Gasteiger partial charge in [0.05, 0.1) is 0 Å². The summed E-state index contributed by atoms with van der Waals surface area (Å²) in [6.07, 6.45) is 0. The van der Waals surface area contributed by atoms with Crippen LogP contribution in [0.4, 0.5) is 0 Å². The van der Waals surface area contributed by atoms with Gasteiger partial charge in [0.1, 0.15) is 0 Å². The van der Waals surface area contributed by atoms with Crippen molar-refractivity contribution in [2.45, 2.75) is 13.8 Å². The van der Waals surface area contributed by atoms with Crippen LogP contribution in [0.15, 0.2) is 0 Å². The molecule has 3 heteroatoms. The molecule has 0 spiro atoms. The predicted molar refractivity (Wildman–Crippen MR) is 33.9 cm³/mol. The van der Waals surface area contributed by atoms with Gasteiger partial charge in [-0.2, -0.15) is 0 Å². The van der Waals surface area contributed by atoms with Crippen molar-refractivity contribution in [1.29, 1.82) is 0 Å². The summed E-state index contributed by atoms with van der Waals surface area (Å²) in [6.45, 7) is 4.00. The van der Waals surface area contributed by atoms with E-state index in [1.165, 1.54) is 0 Å². The highest BCUT2D eigenvalue weighted by molar-refractivity contribution is 6.17. The van der Waals surface area contributed by atoms with Crippen molar-refractivity contribution in [2.75, 3.05) is 14.2 Å². The molecule has 0 unspecified atom stereocenters. The van der Waals surface area contributed by atoms with Crippen molar-refractivity contribution in [3.8, 4) is 0 Å². The highest BCUT2D eigenvalue weighted by Crippen LogP contribution is 1.55. The smallest absolute Gasteiger partial charge is 0.303 e. The highest BCUT2D eigenvalue weighted by Gasteiger charge is 1.67. The molecular weight excluding hydrogens is 108 g/mol. The molecule has 0 aliphatic rings. The van der Waals surface area contributed by atoms with Crippen LogP contribution in [0, 0.1) is 0 Å². The summed E-state index contributed by atoms with van der Waals surface area (Å²) < 4.78 is 9.22. The first-order valence-electron chi connectivity index (χ1n) is 2.39. The van der Waals surface area contributed by atoms with Gasteiger partial charge >= 0.3 is 10.0 Å². The van der Waals surface area contributed by atoms with E-state index >= 15 is 0 Å². The molecule has 0 fully saturated rings. The molecule has 0 bridgehead atoms. The van der Waals surface area contributed by atoms with Gasteiger partial charge in [0.15, 0.2) is 0 Å². The molecule has 46 valence electrons. The van der Waals surface area contributed by atoms with Crippen molar-refractivity contribution >= 4 is 10.0 Å². The Morgan fingerprint density at radius 3 is 1.29 bits per heavy atom.